The molecule has 3 aromatic rings. The Morgan fingerprint density at radius 1 is 1.23 bits per heavy atom. The predicted octanol–water partition coefficient (Wildman–Crippen LogP) is 2.57. The van der Waals surface area contributed by atoms with Crippen molar-refractivity contribution in [3.05, 3.63) is 42.1 Å². The summed E-state index contributed by atoms with van der Waals surface area (Å²) in [5.74, 6) is -0.373. The standard InChI is InChI=1S/C15H14FN5O/c1-8-5-9(3-4-18-8)12-13(21-15(17)20-12)10-6-11(16)14(22-2)19-7-10/h3-7H,1-2H3,(H3,17,20,21). The van der Waals surface area contributed by atoms with Gasteiger partial charge in [-0.2, -0.15) is 0 Å². The van der Waals surface area contributed by atoms with Gasteiger partial charge in [-0.15, -0.1) is 0 Å². The Morgan fingerprint density at radius 3 is 2.73 bits per heavy atom. The Balaban J connectivity index is 2.14. The second kappa shape index (κ2) is 5.44. The quantitative estimate of drug-likeness (QED) is 0.775. The van der Waals surface area contributed by atoms with Crippen LogP contribution in [0.15, 0.2) is 30.6 Å². The topological polar surface area (TPSA) is 89.7 Å². The number of ether oxygens (including phenoxy) is 1. The lowest BCUT2D eigenvalue weighted by molar-refractivity contribution is 0.369. The molecule has 7 heteroatoms. The van der Waals surface area contributed by atoms with Crippen LogP contribution >= 0.6 is 0 Å². The van der Waals surface area contributed by atoms with Crippen molar-refractivity contribution in [3.63, 3.8) is 0 Å². The van der Waals surface area contributed by atoms with E-state index < -0.39 is 5.82 Å². The predicted molar refractivity (Wildman–Crippen MR) is 80.7 cm³/mol. The highest BCUT2D eigenvalue weighted by Gasteiger charge is 2.16. The zero-order valence-electron chi connectivity index (χ0n) is 12.1. The number of imidazole rings is 1. The lowest BCUT2D eigenvalue weighted by Gasteiger charge is -2.05. The van der Waals surface area contributed by atoms with Crippen LogP contribution in [0.1, 0.15) is 5.69 Å². The summed E-state index contributed by atoms with van der Waals surface area (Å²) in [5.41, 5.74) is 9.21. The molecular formula is C15H14FN5O. The molecule has 0 fully saturated rings. The first-order valence-corrected chi connectivity index (χ1v) is 6.57. The third-order valence-corrected chi connectivity index (χ3v) is 3.18. The van der Waals surface area contributed by atoms with Crippen LogP contribution in [0, 0.1) is 12.7 Å². The molecule has 0 aromatic carbocycles. The maximum atomic E-state index is 13.9. The summed E-state index contributed by atoms with van der Waals surface area (Å²) in [7, 11) is 1.36. The summed E-state index contributed by atoms with van der Waals surface area (Å²) in [4.78, 5) is 15.3. The van der Waals surface area contributed by atoms with Crippen LogP contribution in [0.5, 0.6) is 5.88 Å². The molecule has 0 aliphatic rings. The first kappa shape index (κ1) is 14.0. The van der Waals surface area contributed by atoms with Crippen molar-refractivity contribution in [1.82, 2.24) is 19.9 Å². The molecule has 0 aliphatic carbocycles. The van der Waals surface area contributed by atoms with Gasteiger partial charge in [0.1, 0.15) is 0 Å². The number of aromatic amines is 1. The summed E-state index contributed by atoms with van der Waals surface area (Å²) in [5, 5.41) is 0. The molecule has 3 aromatic heterocycles. The number of methoxy groups -OCH3 is 1. The minimum Gasteiger partial charge on any atom is -0.479 e. The van der Waals surface area contributed by atoms with Crippen LogP contribution in [0.25, 0.3) is 22.5 Å². The molecule has 3 N–H and O–H groups in total. The Morgan fingerprint density at radius 2 is 2.05 bits per heavy atom. The van der Waals surface area contributed by atoms with Crippen molar-refractivity contribution in [1.29, 1.82) is 0 Å². The number of aryl methyl sites for hydroxylation is 1. The molecule has 3 rings (SSSR count). The number of aromatic nitrogens is 4. The highest BCUT2D eigenvalue weighted by Crippen LogP contribution is 2.31. The van der Waals surface area contributed by atoms with Crippen molar-refractivity contribution in [2.75, 3.05) is 12.8 Å². The molecule has 0 saturated heterocycles. The van der Waals surface area contributed by atoms with Gasteiger partial charge < -0.3 is 15.5 Å². The van der Waals surface area contributed by atoms with Gasteiger partial charge in [-0.1, -0.05) is 0 Å². The minimum atomic E-state index is -0.557. The van der Waals surface area contributed by atoms with E-state index in [9.17, 15) is 4.39 Å². The molecule has 22 heavy (non-hydrogen) atoms. The van der Waals surface area contributed by atoms with Gasteiger partial charge in [0.05, 0.1) is 18.5 Å². The fraction of sp³-hybridized carbons (Fsp3) is 0.133. The number of pyridine rings is 2. The van der Waals surface area contributed by atoms with Crippen LogP contribution in [0.2, 0.25) is 0 Å². The van der Waals surface area contributed by atoms with Crippen LogP contribution in [0.3, 0.4) is 0 Å². The van der Waals surface area contributed by atoms with Crippen molar-refractivity contribution < 1.29 is 9.13 Å². The second-order valence-corrected chi connectivity index (χ2v) is 4.75. The van der Waals surface area contributed by atoms with E-state index in [0.29, 0.717) is 17.0 Å². The summed E-state index contributed by atoms with van der Waals surface area (Å²) in [6.07, 6.45) is 3.19. The van der Waals surface area contributed by atoms with Gasteiger partial charge in [0.2, 0.25) is 5.88 Å². The molecule has 0 bridgehead atoms. The van der Waals surface area contributed by atoms with Gasteiger partial charge in [-0.05, 0) is 25.1 Å². The number of halogens is 1. The molecule has 3 heterocycles. The maximum Gasteiger partial charge on any atom is 0.250 e. The van der Waals surface area contributed by atoms with Crippen LogP contribution in [-0.4, -0.2) is 27.0 Å². The summed E-state index contributed by atoms with van der Waals surface area (Å²) in [6, 6.07) is 5.04. The van der Waals surface area contributed by atoms with Crippen molar-refractivity contribution in [2.24, 2.45) is 0 Å². The van der Waals surface area contributed by atoms with Crippen LogP contribution in [0.4, 0.5) is 10.3 Å². The molecule has 0 saturated carbocycles. The molecule has 6 nitrogen and oxygen atoms in total. The van der Waals surface area contributed by atoms with E-state index >= 15 is 0 Å². The Hall–Kier alpha value is -2.96. The molecule has 0 aliphatic heterocycles. The van der Waals surface area contributed by atoms with Gasteiger partial charge >= 0.3 is 0 Å². The monoisotopic (exact) mass is 299 g/mol. The van der Waals surface area contributed by atoms with E-state index in [4.69, 9.17) is 10.5 Å². The highest BCUT2D eigenvalue weighted by molar-refractivity contribution is 5.79. The molecule has 0 radical (unpaired) electrons. The number of nitrogens with one attached hydrogen (secondary N) is 1. The van der Waals surface area contributed by atoms with E-state index in [1.54, 1.807) is 6.20 Å². The molecule has 0 atom stereocenters. The number of H-pyrrole nitrogens is 1. The van der Waals surface area contributed by atoms with Crippen molar-refractivity contribution in [2.45, 2.75) is 6.92 Å². The lowest BCUT2D eigenvalue weighted by Crippen LogP contribution is -1.94. The number of nitrogens with two attached hydrogens (primary N) is 1. The molecule has 0 unspecified atom stereocenters. The largest absolute Gasteiger partial charge is 0.479 e. The van der Waals surface area contributed by atoms with Gasteiger partial charge in [-0.3, -0.25) is 4.98 Å². The number of anilines is 1. The highest BCUT2D eigenvalue weighted by atomic mass is 19.1. The van der Waals surface area contributed by atoms with Gasteiger partial charge in [-0.25, -0.2) is 14.4 Å². The first-order valence-electron chi connectivity index (χ1n) is 6.57. The Bertz CT molecular complexity index is 831. The van der Waals surface area contributed by atoms with Crippen molar-refractivity contribution >= 4 is 5.95 Å². The summed E-state index contributed by atoms with van der Waals surface area (Å²) in [6.45, 7) is 1.89. The third kappa shape index (κ3) is 2.48. The maximum absolute atomic E-state index is 13.9. The van der Waals surface area contributed by atoms with E-state index in [0.717, 1.165) is 11.3 Å². The number of nitrogens with zero attached hydrogens (tertiary/aromatic N) is 3. The second-order valence-electron chi connectivity index (χ2n) is 4.75. The SMILES string of the molecule is COc1ncc(-c2nc(N)[nH]c2-c2ccnc(C)c2)cc1F. The van der Waals surface area contributed by atoms with E-state index in [-0.39, 0.29) is 11.8 Å². The molecule has 112 valence electrons. The third-order valence-electron chi connectivity index (χ3n) is 3.18. The number of rotatable bonds is 3. The van der Waals surface area contributed by atoms with Gasteiger partial charge in [0.25, 0.3) is 0 Å². The lowest BCUT2D eigenvalue weighted by atomic mass is 10.1. The zero-order chi connectivity index (χ0) is 15.7. The number of hydrogen-bond donors (Lipinski definition) is 2. The van der Waals surface area contributed by atoms with E-state index in [1.165, 1.54) is 19.4 Å². The molecular weight excluding hydrogens is 285 g/mol. The molecule has 0 amide bonds. The van der Waals surface area contributed by atoms with E-state index in [1.807, 2.05) is 19.1 Å². The Kier molecular flexibility index (Phi) is 3.46. The Labute approximate surface area is 126 Å². The zero-order valence-corrected chi connectivity index (χ0v) is 12.1. The van der Waals surface area contributed by atoms with Crippen molar-refractivity contribution in [3.8, 4) is 28.4 Å². The molecule has 0 spiro atoms. The van der Waals surface area contributed by atoms with E-state index in [2.05, 4.69) is 19.9 Å². The van der Waals surface area contributed by atoms with Crippen LogP contribution in [-0.2, 0) is 0 Å². The smallest absolute Gasteiger partial charge is 0.250 e. The minimum absolute atomic E-state index is 0.0615. The fourth-order valence-electron chi connectivity index (χ4n) is 2.22. The average molecular weight is 299 g/mol. The van der Waals surface area contributed by atoms with Gasteiger partial charge in [0, 0.05) is 29.2 Å². The summed E-state index contributed by atoms with van der Waals surface area (Å²) < 4.78 is 18.7. The fourth-order valence-corrected chi connectivity index (χ4v) is 2.22. The van der Waals surface area contributed by atoms with Crippen LogP contribution < -0.4 is 10.5 Å². The van der Waals surface area contributed by atoms with Gasteiger partial charge in [0.15, 0.2) is 11.8 Å². The first-order chi connectivity index (χ1) is 10.6. The number of nitrogen functional groups attached to an aromatic ring is 1. The normalized spacial score (nSPS) is 10.7. The average Bonchev–Trinajstić information content (AvgIpc) is 2.89. The summed E-state index contributed by atoms with van der Waals surface area (Å²) >= 11 is 0. The number of hydrogen-bond acceptors (Lipinski definition) is 5.